The van der Waals surface area contributed by atoms with Crippen molar-refractivity contribution in [3.63, 3.8) is 0 Å². The Balaban J connectivity index is 1.28. The van der Waals surface area contributed by atoms with Crippen LogP contribution >= 0.6 is 0 Å². The highest BCUT2D eigenvalue weighted by Gasteiger charge is 2.31. The highest BCUT2D eigenvalue weighted by Crippen LogP contribution is 2.34. The van der Waals surface area contributed by atoms with E-state index in [0.29, 0.717) is 25.1 Å². The molecule has 2 fully saturated rings. The normalized spacial score (nSPS) is 22.1. The van der Waals surface area contributed by atoms with Crippen molar-refractivity contribution in [1.29, 1.82) is 5.26 Å². The molecule has 1 aromatic heterocycles. The Morgan fingerprint density at radius 2 is 2.00 bits per heavy atom. The first-order chi connectivity index (χ1) is 18.6. The Kier molecular flexibility index (Phi) is 7.16. The molecular formula is C30H37N7O. The van der Waals surface area contributed by atoms with E-state index in [9.17, 15) is 5.26 Å². The summed E-state index contributed by atoms with van der Waals surface area (Å²) in [4.78, 5) is 17.1. The number of likely N-dealkylation sites (tertiary alicyclic amines) is 1. The van der Waals surface area contributed by atoms with Gasteiger partial charge in [0, 0.05) is 56.9 Å². The number of nitrogens with one attached hydrogen (secondary N) is 1. The fourth-order valence-corrected chi connectivity index (χ4v) is 6.33. The van der Waals surface area contributed by atoms with E-state index in [-0.39, 0.29) is 6.04 Å². The Morgan fingerprint density at radius 1 is 1.13 bits per heavy atom. The number of benzene rings is 2. The molecule has 0 aliphatic carbocycles. The van der Waals surface area contributed by atoms with E-state index < -0.39 is 0 Å². The lowest BCUT2D eigenvalue weighted by Gasteiger charge is -2.34. The average molecular weight is 512 g/mol. The third kappa shape index (κ3) is 5.06. The van der Waals surface area contributed by atoms with Crippen LogP contribution in [0, 0.1) is 18.3 Å². The summed E-state index contributed by atoms with van der Waals surface area (Å²) in [5.74, 6) is 0.978. The van der Waals surface area contributed by atoms with Crippen LogP contribution < -0.4 is 15.0 Å². The highest BCUT2D eigenvalue weighted by atomic mass is 16.5. The molecule has 3 aliphatic heterocycles. The number of anilines is 1. The number of fused-ring (bicyclic) bond motifs is 2. The number of piperazine rings is 1. The van der Waals surface area contributed by atoms with Crippen molar-refractivity contribution in [3.8, 4) is 12.1 Å². The molecule has 0 amide bonds. The number of ether oxygens (including phenoxy) is 1. The third-order valence-corrected chi connectivity index (χ3v) is 8.37. The molecule has 198 valence electrons. The first-order valence-corrected chi connectivity index (χ1v) is 13.9. The van der Waals surface area contributed by atoms with E-state index in [4.69, 9.17) is 14.7 Å². The van der Waals surface area contributed by atoms with Crippen molar-refractivity contribution in [2.24, 2.45) is 0 Å². The minimum absolute atomic E-state index is 0.145. The summed E-state index contributed by atoms with van der Waals surface area (Å²) in [6.45, 7) is 8.85. The van der Waals surface area contributed by atoms with Crippen LogP contribution in [0.3, 0.4) is 0 Å². The smallest absolute Gasteiger partial charge is 0.318 e. The van der Waals surface area contributed by atoms with Crippen LogP contribution in [0.2, 0.25) is 0 Å². The summed E-state index contributed by atoms with van der Waals surface area (Å²) >= 11 is 0. The van der Waals surface area contributed by atoms with Crippen LogP contribution in [-0.2, 0) is 19.6 Å². The second-order valence-electron chi connectivity index (χ2n) is 11.0. The van der Waals surface area contributed by atoms with Gasteiger partial charge >= 0.3 is 6.01 Å². The molecular weight excluding hydrogens is 474 g/mol. The minimum Gasteiger partial charge on any atom is -0.462 e. The number of nitrogens with zero attached hydrogens (tertiary/aromatic N) is 6. The molecule has 3 aromatic rings. The van der Waals surface area contributed by atoms with Gasteiger partial charge in [-0.05, 0) is 55.3 Å². The van der Waals surface area contributed by atoms with Crippen LogP contribution in [0.4, 0.5) is 5.82 Å². The van der Waals surface area contributed by atoms with Crippen LogP contribution in [0.1, 0.15) is 41.6 Å². The molecule has 2 saturated heterocycles. The van der Waals surface area contributed by atoms with Crippen LogP contribution in [0.5, 0.6) is 6.01 Å². The molecule has 0 spiro atoms. The molecule has 0 saturated carbocycles. The van der Waals surface area contributed by atoms with Crippen LogP contribution in [0.25, 0.3) is 10.8 Å². The zero-order valence-electron chi connectivity index (χ0n) is 22.5. The van der Waals surface area contributed by atoms with Crippen LogP contribution in [-0.4, -0.2) is 71.7 Å². The molecule has 3 aliphatic rings. The standard InChI is InChI=1S/C30H37N7O/c1-21-6-3-7-22-8-4-9-23(28(21)22)16-36-18-26-27(19-36)33-30(38-20-25-10-5-14-35(25)2)34-29(26)37-15-13-32-24(17-37)11-12-31/h3-4,6-9,24-25,32H,5,10-11,13-20H2,1-2H3/t24-,25-/m0/s1. The summed E-state index contributed by atoms with van der Waals surface area (Å²) in [6.07, 6.45) is 2.86. The average Bonchev–Trinajstić information content (AvgIpc) is 3.52. The first-order valence-electron chi connectivity index (χ1n) is 13.9. The monoisotopic (exact) mass is 511 g/mol. The topological polar surface area (TPSA) is 80.6 Å². The number of hydrogen-bond acceptors (Lipinski definition) is 8. The molecule has 8 heteroatoms. The second-order valence-corrected chi connectivity index (χ2v) is 11.0. The molecule has 1 N–H and O–H groups in total. The van der Waals surface area contributed by atoms with Crippen molar-refractivity contribution < 1.29 is 4.74 Å². The summed E-state index contributed by atoms with van der Waals surface area (Å²) in [6, 6.07) is 16.5. The van der Waals surface area contributed by atoms with Gasteiger partial charge in [0.25, 0.3) is 0 Å². The van der Waals surface area contributed by atoms with Gasteiger partial charge in [-0.15, -0.1) is 0 Å². The number of rotatable bonds is 7. The summed E-state index contributed by atoms with van der Waals surface area (Å²) in [5, 5.41) is 15.4. The van der Waals surface area contributed by atoms with Crippen LogP contribution in [0.15, 0.2) is 36.4 Å². The van der Waals surface area contributed by atoms with Gasteiger partial charge in [0.15, 0.2) is 0 Å². The van der Waals surface area contributed by atoms with E-state index in [1.54, 1.807) is 0 Å². The van der Waals surface area contributed by atoms with Crippen molar-refractivity contribution >= 4 is 16.6 Å². The van der Waals surface area contributed by atoms with E-state index in [1.807, 2.05) is 0 Å². The van der Waals surface area contributed by atoms with Gasteiger partial charge in [-0.3, -0.25) is 4.90 Å². The quantitative estimate of drug-likeness (QED) is 0.515. The lowest BCUT2D eigenvalue weighted by atomic mass is 10.00. The molecule has 0 radical (unpaired) electrons. The van der Waals surface area contributed by atoms with E-state index in [2.05, 4.69) is 76.5 Å². The Morgan fingerprint density at radius 3 is 2.82 bits per heavy atom. The molecule has 6 rings (SSSR count). The zero-order valence-corrected chi connectivity index (χ0v) is 22.5. The van der Waals surface area contributed by atoms with Crippen molar-refractivity contribution in [2.75, 3.05) is 44.7 Å². The van der Waals surface area contributed by atoms with Gasteiger partial charge in [-0.2, -0.15) is 15.2 Å². The van der Waals surface area contributed by atoms with E-state index >= 15 is 0 Å². The third-order valence-electron chi connectivity index (χ3n) is 8.37. The maximum Gasteiger partial charge on any atom is 0.318 e. The second kappa shape index (κ2) is 10.9. The first kappa shape index (κ1) is 25.1. The predicted molar refractivity (Wildman–Crippen MR) is 149 cm³/mol. The SMILES string of the molecule is Cc1cccc2cccc(CN3Cc4nc(OC[C@@H]5CCCN5C)nc(N5CCN[C@@H](CC#N)C5)c4C3)c12. The zero-order chi connectivity index (χ0) is 26.1. The van der Waals surface area contributed by atoms with Gasteiger partial charge in [-0.1, -0.05) is 36.4 Å². The molecule has 38 heavy (non-hydrogen) atoms. The Labute approximate surface area is 225 Å². The number of aromatic nitrogens is 2. The molecule has 2 atom stereocenters. The van der Waals surface area contributed by atoms with E-state index in [1.165, 1.54) is 33.9 Å². The molecule has 4 heterocycles. The number of hydrogen-bond donors (Lipinski definition) is 1. The van der Waals surface area contributed by atoms with Gasteiger partial charge in [0.1, 0.15) is 12.4 Å². The van der Waals surface area contributed by atoms with Gasteiger partial charge in [-0.25, -0.2) is 0 Å². The van der Waals surface area contributed by atoms with E-state index in [0.717, 1.165) is 63.7 Å². The Bertz CT molecular complexity index is 1350. The lowest BCUT2D eigenvalue weighted by Crippen LogP contribution is -2.51. The summed E-state index contributed by atoms with van der Waals surface area (Å²) in [5.41, 5.74) is 4.93. The molecule has 0 bridgehead atoms. The maximum atomic E-state index is 9.27. The number of likely N-dealkylation sites (N-methyl/N-ethyl adjacent to an activating group) is 1. The fourth-order valence-electron chi connectivity index (χ4n) is 6.33. The maximum absolute atomic E-state index is 9.27. The van der Waals surface area contributed by atoms with Crippen molar-refractivity contribution in [1.82, 2.24) is 25.1 Å². The predicted octanol–water partition coefficient (Wildman–Crippen LogP) is 3.62. The van der Waals surface area contributed by atoms with Crippen molar-refractivity contribution in [2.45, 2.75) is 57.9 Å². The largest absolute Gasteiger partial charge is 0.462 e. The minimum atomic E-state index is 0.145. The molecule has 8 nitrogen and oxygen atoms in total. The Hall–Kier alpha value is -3.25. The molecule has 0 unspecified atom stereocenters. The van der Waals surface area contributed by atoms with Gasteiger partial charge in [0.2, 0.25) is 0 Å². The fraction of sp³-hybridized carbons (Fsp3) is 0.500. The van der Waals surface area contributed by atoms with Gasteiger partial charge < -0.3 is 19.9 Å². The molecule has 2 aromatic carbocycles. The van der Waals surface area contributed by atoms with Crippen molar-refractivity contribution in [3.05, 3.63) is 58.8 Å². The highest BCUT2D eigenvalue weighted by molar-refractivity contribution is 5.88. The van der Waals surface area contributed by atoms with Gasteiger partial charge in [0.05, 0.1) is 18.2 Å². The lowest BCUT2D eigenvalue weighted by molar-refractivity contribution is 0.187. The number of aryl methyl sites for hydroxylation is 1. The summed E-state index contributed by atoms with van der Waals surface area (Å²) in [7, 11) is 2.17. The summed E-state index contributed by atoms with van der Waals surface area (Å²) < 4.78 is 6.24. The number of nitriles is 1.